The molecule has 152 valence electrons. The highest BCUT2D eigenvalue weighted by molar-refractivity contribution is 7.99. The van der Waals surface area contributed by atoms with Gasteiger partial charge in [0.1, 0.15) is 17.2 Å². The summed E-state index contributed by atoms with van der Waals surface area (Å²) in [4.78, 5) is 12.1. The fourth-order valence-corrected chi connectivity index (χ4v) is 2.88. The SMILES string of the molecule is CCOc1ccc(NC(=O)CSc2nnc(COc3ccc(OC)cc3)o2)cc1. The lowest BCUT2D eigenvalue weighted by Crippen LogP contribution is -2.13. The first kappa shape index (κ1) is 20.5. The summed E-state index contributed by atoms with van der Waals surface area (Å²) in [5.41, 5.74) is 0.693. The first-order chi connectivity index (χ1) is 14.2. The average molecular weight is 415 g/mol. The highest BCUT2D eigenvalue weighted by Gasteiger charge is 2.11. The minimum atomic E-state index is -0.173. The molecule has 29 heavy (non-hydrogen) atoms. The van der Waals surface area contributed by atoms with E-state index < -0.39 is 0 Å². The van der Waals surface area contributed by atoms with Gasteiger partial charge in [-0.25, -0.2) is 0 Å². The van der Waals surface area contributed by atoms with Crippen LogP contribution in [0, 0.1) is 0 Å². The lowest BCUT2D eigenvalue weighted by Gasteiger charge is -2.06. The van der Waals surface area contributed by atoms with Gasteiger partial charge in [-0.2, -0.15) is 0 Å². The molecule has 1 heterocycles. The third-order valence-corrected chi connectivity index (χ3v) is 4.46. The Kier molecular flexibility index (Phi) is 7.34. The number of amides is 1. The van der Waals surface area contributed by atoms with Crippen LogP contribution in [0.5, 0.6) is 17.2 Å². The molecule has 0 aliphatic rings. The number of carbonyl (C=O) groups is 1. The zero-order valence-corrected chi connectivity index (χ0v) is 16.9. The number of ether oxygens (including phenoxy) is 3. The molecule has 3 aromatic rings. The quantitative estimate of drug-likeness (QED) is 0.500. The number of aromatic nitrogens is 2. The minimum absolute atomic E-state index is 0.137. The van der Waals surface area contributed by atoms with Crippen molar-refractivity contribution in [2.45, 2.75) is 18.8 Å². The molecule has 1 N–H and O–H groups in total. The fourth-order valence-electron chi connectivity index (χ4n) is 2.30. The van der Waals surface area contributed by atoms with Crippen LogP contribution in [-0.2, 0) is 11.4 Å². The van der Waals surface area contributed by atoms with Crippen molar-refractivity contribution >= 4 is 23.4 Å². The van der Waals surface area contributed by atoms with Gasteiger partial charge in [0, 0.05) is 5.69 Å². The summed E-state index contributed by atoms with van der Waals surface area (Å²) in [5, 5.41) is 10.9. The van der Waals surface area contributed by atoms with Crippen LogP contribution in [0.3, 0.4) is 0 Å². The Labute approximate surface area is 172 Å². The Morgan fingerprint density at radius 1 is 1.00 bits per heavy atom. The Bertz CT molecular complexity index is 913. The predicted octanol–water partition coefficient (Wildman–Crippen LogP) is 3.79. The molecular weight excluding hydrogens is 394 g/mol. The summed E-state index contributed by atoms with van der Waals surface area (Å²) < 4.78 is 21.5. The van der Waals surface area contributed by atoms with Crippen LogP contribution in [0.4, 0.5) is 5.69 Å². The van der Waals surface area contributed by atoms with E-state index in [0.717, 1.165) is 23.3 Å². The van der Waals surface area contributed by atoms with E-state index in [-0.39, 0.29) is 18.3 Å². The number of methoxy groups -OCH3 is 1. The Hall–Kier alpha value is -3.20. The number of hydrogen-bond acceptors (Lipinski definition) is 8. The maximum absolute atomic E-state index is 12.1. The normalized spacial score (nSPS) is 10.4. The summed E-state index contributed by atoms with van der Waals surface area (Å²) in [7, 11) is 1.60. The fraction of sp³-hybridized carbons (Fsp3) is 0.250. The maximum atomic E-state index is 12.1. The molecular formula is C20H21N3O5S. The van der Waals surface area contributed by atoms with Gasteiger partial charge in [0.15, 0.2) is 6.61 Å². The topological polar surface area (TPSA) is 95.7 Å². The lowest BCUT2D eigenvalue weighted by atomic mass is 10.3. The number of hydrogen-bond donors (Lipinski definition) is 1. The average Bonchev–Trinajstić information content (AvgIpc) is 3.21. The molecule has 0 saturated carbocycles. The van der Waals surface area contributed by atoms with E-state index in [1.807, 2.05) is 6.92 Å². The van der Waals surface area contributed by atoms with Crippen LogP contribution in [-0.4, -0.2) is 35.6 Å². The predicted molar refractivity (Wildman–Crippen MR) is 109 cm³/mol. The minimum Gasteiger partial charge on any atom is -0.497 e. The largest absolute Gasteiger partial charge is 0.497 e. The number of benzene rings is 2. The number of thioether (sulfide) groups is 1. The molecule has 0 fully saturated rings. The van der Waals surface area contributed by atoms with E-state index in [1.165, 1.54) is 0 Å². The second kappa shape index (κ2) is 10.4. The smallest absolute Gasteiger partial charge is 0.277 e. The van der Waals surface area contributed by atoms with Gasteiger partial charge in [-0.3, -0.25) is 4.79 Å². The molecule has 8 nitrogen and oxygen atoms in total. The zero-order valence-electron chi connectivity index (χ0n) is 16.1. The number of carbonyl (C=O) groups excluding carboxylic acids is 1. The second-order valence-electron chi connectivity index (χ2n) is 5.72. The third kappa shape index (κ3) is 6.42. The van der Waals surface area contributed by atoms with Gasteiger partial charge < -0.3 is 23.9 Å². The molecule has 0 saturated heterocycles. The third-order valence-electron chi connectivity index (χ3n) is 3.65. The molecule has 9 heteroatoms. The Morgan fingerprint density at radius 3 is 2.34 bits per heavy atom. The van der Waals surface area contributed by atoms with E-state index >= 15 is 0 Å². The van der Waals surface area contributed by atoms with Gasteiger partial charge in [-0.15, -0.1) is 10.2 Å². The molecule has 1 aromatic heterocycles. The second-order valence-corrected chi connectivity index (χ2v) is 6.65. The molecule has 0 bridgehead atoms. The number of nitrogens with zero attached hydrogens (tertiary/aromatic N) is 2. The lowest BCUT2D eigenvalue weighted by molar-refractivity contribution is -0.113. The number of nitrogens with one attached hydrogen (secondary N) is 1. The summed E-state index contributed by atoms with van der Waals surface area (Å²) in [6.45, 7) is 2.65. The highest BCUT2D eigenvalue weighted by atomic mass is 32.2. The van der Waals surface area contributed by atoms with Gasteiger partial charge in [-0.1, -0.05) is 11.8 Å². The van der Waals surface area contributed by atoms with E-state index in [2.05, 4.69) is 15.5 Å². The molecule has 1 amide bonds. The first-order valence-electron chi connectivity index (χ1n) is 8.91. The molecule has 3 rings (SSSR count). The van der Waals surface area contributed by atoms with Crippen LogP contribution >= 0.6 is 11.8 Å². The molecule has 0 aliphatic carbocycles. The summed E-state index contributed by atoms with van der Waals surface area (Å²) in [6, 6.07) is 14.4. The van der Waals surface area contributed by atoms with Crippen LogP contribution < -0.4 is 19.5 Å². The molecule has 2 aromatic carbocycles. The molecule has 0 radical (unpaired) electrons. The number of rotatable bonds is 10. The van der Waals surface area contributed by atoms with E-state index in [9.17, 15) is 4.79 Å². The standard InChI is InChI=1S/C20H21N3O5S/c1-3-26-16-6-4-14(5-7-16)21-18(24)13-29-20-23-22-19(28-20)12-27-17-10-8-15(25-2)9-11-17/h4-11H,3,12-13H2,1-2H3,(H,21,24). The monoisotopic (exact) mass is 415 g/mol. The molecule has 0 aliphatic heterocycles. The van der Waals surface area contributed by atoms with Crippen LogP contribution in [0.15, 0.2) is 58.2 Å². The highest BCUT2D eigenvalue weighted by Crippen LogP contribution is 2.21. The van der Waals surface area contributed by atoms with Crippen molar-refractivity contribution in [3.63, 3.8) is 0 Å². The Balaban J connectivity index is 1.42. The van der Waals surface area contributed by atoms with Crippen molar-refractivity contribution in [3.05, 3.63) is 54.4 Å². The van der Waals surface area contributed by atoms with Crippen molar-refractivity contribution in [1.29, 1.82) is 0 Å². The van der Waals surface area contributed by atoms with Crippen molar-refractivity contribution in [2.24, 2.45) is 0 Å². The number of anilines is 1. The first-order valence-corrected chi connectivity index (χ1v) is 9.89. The van der Waals surface area contributed by atoms with Crippen molar-refractivity contribution in [2.75, 3.05) is 24.8 Å². The molecule has 0 unspecified atom stereocenters. The Morgan fingerprint density at radius 2 is 1.66 bits per heavy atom. The molecule has 0 atom stereocenters. The van der Waals surface area contributed by atoms with Crippen molar-refractivity contribution < 1.29 is 23.4 Å². The van der Waals surface area contributed by atoms with E-state index in [0.29, 0.717) is 29.2 Å². The maximum Gasteiger partial charge on any atom is 0.277 e. The van der Waals surface area contributed by atoms with Gasteiger partial charge in [0.05, 0.1) is 19.5 Å². The van der Waals surface area contributed by atoms with E-state index in [1.54, 1.807) is 55.6 Å². The molecule has 0 spiro atoms. The van der Waals surface area contributed by atoms with Gasteiger partial charge in [0.25, 0.3) is 11.1 Å². The van der Waals surface area contributed by atoms with Crippen molar-refractivity contribution in [3.8, 4) is 17.2 Å². The summed E-state index contributed by atoms with van der Waals surface area (Å²) in [5.74, 6) is 2.47. The van der Waals surface area contributed by atoms with Gasteiger partial charge in [0.2, 0.25) is 5.91 Å². The van der Waals surface area contributed by atoms with Crippen LogP contribution in [0.25, 0.3) is 0 Å². The zero-order chi connectivity index (χ0) is 20.5. The van der Waals surface area contributed by atoms with Crippen LogP contribution in [0.1, 0.15) is 12.8 Å². The van der Waals surface area contributed by atoms with Crippen molar-refractivity contribution in [1.82, 2.24) is 10.2 Å². The van der Waals surface area contributed by atoms with Gasteiger partial charge in [-0.05, 0) is 55.5 Å². The van der Waals surface area contributed by atoms with E-state index in [4.69, 9.17) is 18.6 Å². The van der Waals surface area contributed by atoms with Crippen LogP contribution in [0.2, 0.25) is 0 Å². The van der Waals surface area contributed by atoms with Gasteiger partial charge >= 0.3 is 0 Å². The summed E-state index contributed by atoms with van der Waals surface area (Å²) in [6.07, 6.45) is 0. The summed E-state index contributed by atoms with van der Waals surface area (Å²) >= 11 is 1.16.